The summed E-state index contributed by atoms with van der Waals surface area (Å²) in [5.74, 6) is 3.32. The van der Waals surface area contributed by atoms with Gasteiger partial charge in [-0.25, -0.2) is 0 Å². The maximum Gasteiger partial charge on any atom is 0.151 e. The van der Waals surface area contributed by atoms with E-state index < -0.39 is 0 Å². The Morgan fingerprint density at radius 2 is 1.93 bits per heavy atom. The molecule has 28 heavy (non-hydrogen) atoms. The average molecular weight is 396 g/mol. The Labute approximate surface area is 171 Å². The smallest absolute Gasteiger partial charge is 0.151 e. The van der Waals surface area contributed by atoms with Crippen LogP contribution in [0.25, 0.3) is 5.69 Å². The average Bonchev–Trinajstić information content (AvgIpc) is 3.06. The van der Waals surface area contributed by atoms with Gasteiger partial charge in [-0.1, -0.05) is 17.7 Å². The predicted octanol–water partition coefficient (Wildman–Crippen LogP) is 4.54. The number of rotatable bonds is 2. The van der Waals surface area contributed by atoms with Gasteiger partial charge in [0.05, 0.1) is 18.3 Å². The highest BCUT2D eigenvalue weighted by atomic mass is 35.5. The molecule has 5 rings (SSSR count). The van der Waals surface area contributed by atoms with Gasteiger partial charge < -0.3 is 0 Å². The minimum atomic E-state index is 0.465. The van der Waals surface area contributed by atoms with Gasteiger partial charge in [-0.05, 0) is 74.9 Å². The van der Waals surface area contributed by atoms with Crippen LogP contribution in [0.1, 0.15) is 55.2 Å². The lowest BCUT2D eigenvalue weighted by Gasteiger charge is -2.32. The lowest BCUT2D eigenvalue weighted by molar-refractivity contribution is 0.277. The van der Waals surface area contributed by atoms with Crippen molar-refractivity contribution in [3.05, 3.63) is 52.6 Å². The third kappa shape index (κ3) is 3.31. The number of fused-ring (bicyclic) bond motifs is 3. The fourth-order valence-corrected chi connectivity index (χ4v) is 5.22. The van der Waals surface area contributed by atoms with Gasteiger partial charge in [-0.15, -0.1) is 10.2 Å². The minimum absolute atomic E-state index is 0.465. The van der Waals surface area contributed by atoms with E-state index in [9.17, 15) is 0 Å². The third-order valence-electron chi connectivity index (χ3n) is 6.45. The molecule has 0 radical (unpaired) electrons. The Morgan fingerprint density at radius 1 is 1.07 bits per heavy atom. The quantitative estimate of drug-likeness (QED) is 0.749. The third-order valence-corrected chi connectivity index (χ3v) is 6.68. The summed E-state index contributed by atoms with van der Waals surface area (Å²) in [5.41, 5.74) is 2.43. The molecule has 1 aromatic carbocycles. The molecular formula is C22H26ClN5. The Balaban J connectivity index is 1.42. The van der Waals surface area contributed by atoms with Crippen molar-refractivity contribution < 1.29 is 0 Å². The van der Waals surface area contributed by atoms with Crippen molar-refractivity contribution in [3.63, 3.8) is 0 Å². The number of hydrogen-bond acceptors (Lipinski definition) is 4. The van der Waals surface area contributed by atoms with Crippen molar-refractivity contribution in [2.24, 2.45) is 10.9 Å². The molecule has 1 aromatic heterocycles. The van der Waals surface area contributed by atoms with Crippen LogP contribution in [0.2, 0.25) is 5.02 Å². The summed E-state index contributed by atoms with van der Waals surface area (Å²) in [5, 5.41) is 10.0. The molecule has 1 aliphatic carbocycles. The highest BCUT2D eigenvalue weighted by Crippen LogP contribution is 2.40. The lowest BCUT2D eigenvalue weighted by atomic mass is 9.77. The van der Waals surface area contributed by atoms with Crippen molar-refractivity contribution in [3.8, 4) is 5.69 Å². The molecule has 1 fully saturated rings. The second-order valence-corrected chi connectivity index (χ2v) is 8.83. The van der Waals surface area contributed by atoms with Crippen LogP contribution in [-0.4, -0.2) is 39.0 Å². The molecule has 146 valence electrons. The number of hydrogen-bond donors (Lipinski definition) is 0. The van der Waals surface area contributed by atoms with Crippen LogP contribution in [-0.2, 0) is 13.1 Å². The number of allylic oxidation sites excluding steroid dienone is 1. The molecule has 0 amide bonds. The van der Waals surface area contributed by atoms with E-state index in [-0.39, 0.29) is 0 Å². The molecule has 0 bridgehead atoms. The van der Waals surface area contributed by atoms with Crippen LogP contribution in [0.3, 0.4) is 0 Å². The first-order chi connectivity index (χ1) is 13.7. The summed E-state index contributed by atoms with van der Waals surface area (Å²) in [4.78, 5) is 6.98. The Hall–Kier alpha value is -1.98. The van der Waals surface area contributed by atoms with Crippen molar-refractivity contribution in [2.45, 2.75) is 57.2 Å². The SMILES string of the molecule is CN1Cc2cc(Cl)ccc2-n2c(nnc2C2CCC(C3CC=CC=N3)CC2)C1. The first-order valence-electron chi connectivity index (χ1n) is 10.3. The van der Waals surface area contributed by atoms with E-state index in [0.29, 0.717) is 17.9 Å². The highest BCUT2D eigenvalue weighted by Gasteiger charge is 2.32. The number of aliphatic imine (C=N–C) groups is 1. The van der Waals surface area contributed by atoms with Crippen molar-refractivity contribution >= 4 is 17.8 Å². The van der Waals surface area contributed by atoms with E-state index in [1.54, 1.807) is 0 Å². The first kappa shape index (κ1) is 18.1. The summed E-state index contributed by atoms with van der Waals surface area (Å²) in [6.07, 6.45) is 12.1. The van der Waals surface area contributed by atoms with Crippen molar-refractivity contribution in [2.75, 3.05) is 7.05 Å². The van der Waals surface area contributed by atoms with Gasteiger partial charge in [0.2, 0.25) is 0 Å². The molecule has 0 saturated heterocycles. The van der Waals surface area contributed by atoms with Gasteiger partial charge in [-0.3, -0.25) is 14.5 Å². The van der Waals surface area contributed by atoms with Crippen LogP contribution < -0.4 is 0 Å². The first-order valence-corrected chi connectivity index (χ1v) is 10.7. The van der Waals surface area contributed by atoms with E-state index in [1.165, 1.54) is 24.1 Å². The van der Waals surface area contributed by atoms with Crippen molar-refractivity contribution in [1.29, 1.82) is 0 Å². The Morgan fingerprint density at radius 3 is 2.71 bits per heavy atom. The Kier molecular flexibility index (Phi) is 4.81. The fraction of sp³-hybridized carbons (Fsp3) is 0.500. The molecule has 2 aliphatic heterocycles. The van der Waals surface area contributed by atoms with E-state index in [2.05, 4.69) is 51.0 Å². The van der Waals surface area contributed by atoms with E-state index in [4.69, 9.17) is 16.6 Å². The predicted molar refractivity (Wildman–Crippen MR) is 112 cm³/mol. The molecule has 0 spiro atoms. The maximum atomic E-state index is 6.28. The zero-order valence-electron chi connectivity index (χ0n) is 16.3. The molecular weight excluding hydrogens is 370 g/mol. The van der Waals surface area contributed by atoms with Crippen LogP contribution in [0.15, 0.2) is 35.3 Å². The minimum Gasteiger partial charge on any atom is -0.295 e. The van der Waals surface area contributed by atoms with Crippen LogP contribution in [0, 0.1) is 5.92 Å². The molecule has 2 aromatic rings. The van der Waals surface area contributed by atoms with Gasteiger partial charge >= 0.3 is 0 Å². The number of benzene rings is 1. The van der Waals surface area contributed by atoms with Gasteiger partial charge in [0.25, 0.3) is 0 Å². The van der Waals surface area contributed by atoms with Gasteiger partial charge in [0, 0.05) is 23.7 Å². The molecule has 1 saturated carbocycles. The molecule has 3 aliphatic rings. The summed E-state index contributed by atoms with van der Waals surface area (Å²) < 4.78 is 2.31. The molecule has 0 N–H and O–H groups in total. The number of nitrogens with zero attached hydrogens (tertiary/aromatic N) is 5. The number of dihydropyridines is 1. The number of halogens is 1. The van der Waals surface area contributed by atoms with Crippen molar-refractivity contribution in [1.82, 2.24) is 19.7 Å². The summed E-state index contributed by atoms with van der Waals surface area (Å²) in [6, 6.07) is 6.66. The standard InChI is InChI=1S/C22H26ClN5/c1-27-13-17-12-18(23)9-10-20(17)28-21(14-27)25-26-22(28)16-7-5-15(6-8-16)19-4-2-3-11-24-19/h2-3,9-12,15-16,19H,4-8,13-14H2,1H3. The summed E-state index contributed by atoms with van der Waals surface area (Å²) >= 11 is 6.28. The molecule has 3 heterocycles. The topological polar surface area (TPSA) is 46.3 Å². The van der Waals surface area contributed by atoms with Crippen LogP contribution >= 0.6 is 11.6 Å². The molecule has 1 atom stereocenters. The highest BCUT2D eigenvalue weighted by molar-refractivity contribution is 6.30. The fourth-order valence-electron chi connectivity index (χ4n) is 5.02. The van der Waals surface area contributed by atoms with Crippen LogP contribution in [0.4, 0.5) is 0 Å². The zero-order chi connectivity index (χ0) is 19.1. The monoisotopic (exact) mass is 395 g/mol. The Bertz CT molecular complexity index is 923. The summed E-state index contributed by atoms with van der Waals surface area (Å²) in [7, 11) is 2.12. The lowest BCUT2D eigenvalue weighted by Crippen LogP contribution is -2.25. The second-order valence-electron chi connectivity index (χ2n) is 8.40. The van der Waals surface area contributed by atoms with Crippen LogP contribution in [0.5, 0.6) is 0 Å². The van der Waals surface area contributed by atoms with E-state index in [0.717, 1.165) is 49.0 Å². The maximum absolute atomic E-state index is 6.28. The molecule has 1 unspecified atom stereocenters. The second kappa shape index (κ2) is 7.45. The van der Waals surface area contributed by atoms with Gasteiger partial charge in [-0.2, -0.15) is 0 Å². The molecule has 6 heteroatoms. The summed E-state index contributed by atoms with van der Waals surface area (Å²) in [6.45, 7) is 1.68. The van der Waals surface area contributed by atoms with Gasteiger partial charge in [0.1, 0.15) is 5.82 Å². The van der Waals surface area contributed by atoms with E-state index >= 15 is 0 Å². The van der Waals surface area contributed by atoms with Gasteiger partial charge in [0.15, 0.2) is 5.82 Å². The molecule has 5 nitrogen and oxygen atoms in total. The number of aromatic nitrogens is 3. The zero-order valence-corrected chi connectivity index (χ0v) is 17.0. The van der Waals surface area contributed by atoms with E-state index in [1.807, 2.05) is 12.3 Å². The normalized spacial score (nSPS) is 27.3. The largest absolute Gasteiger partial charge is 0.295 e.